The van der Waals surface area contributed by atoms with Crippen LogP contribution in [0, 0.1) is 0 Å². The number of halogens is 4. The Morgan fingerprint density at radius 3 is 2.71 bits per heavy atom. The molecule has 0 spiro atoms. The van der Waals surface area contributed by atoms with Gasteiger partial charge in [-0.3, -0.25) is 0 Å². The van der Waals surface area contributed by atoms with Crippen molar-refractivity contribution in [3.05, 3.63) is 28.6 Å². The second-order valence-electron chi connectivity index (χ2n) is 2.56. The third-order valence-corrected chi connectivity index (χ3v) is 2.21. The Balaban J connectivity index is 2.79. The van der Waals surface area contributed by atoms with Gasteiger partial charge in [0, 0.05) is 6.20 Å². The molecule has 2 heterocycles. The molecule has 14 heavy (non-hydrogen) atoms. The maximum atomic E-state index is 12.4. The van der Waals surface area contributed by atoms with Crippen molar-refractivity contribution in [3.63, 3.8) is 0 Å². The van der Waals surface area contributed by atoms with E-state index in [9.17, 15) is 13.2 Å². The Labute approximate surface area is 84.7 Å². The molecule has 0 aliphatic heterocycles. The molecule has 0 aliphatic rings. The molecular formula is C7H3BrF3N3. The van der Waals surface area contributed by atoms with E-state index in [0.29, 0.717) is 4.47 Å². The van der Waals surface area contributed by atoms with E-state index in [1.165, 1.54) is 6.20 Å². The van der Waals surface area contributed by atoms with Gasteiger partial charge in [0.15, 0.2) is 5.65 Å². The summed E-state index contributed by atoms with van der Waals surface area (Å²) in [7, 11) is 0. The standard InChI is InChI=1S/C7H3BrF3N3/c8-4-3-13-14-5(7(9,10)11)1-2-12-6(4)14/h1-3H. The van der Waals surface area contributed by atoms with Crippen molar-refractivity contribution in [2.24, 2.45) is 0 Å². The summed E-state index contributed by atoms with van der Waals surface area (Å²) in [5.74, 6) is 0. The van der Waals surface area contributed by atoms with Crippen molar-refractivity contribution in [2.45, 2.75) is 6.18 Å². The lowest BCUT2D eigenvalue weighted by molar-refractivity contribution is -0.142. The Morgan fingerprint density at radius 2 is 2.07 bits per heavy atom. The molecule has 2 aromatic heterocycles. The van der Waals surface area contributed by atoms with Gasteiger partial charge in [-0.25, -0.2) is 9.50 Å². The number of nitrogens with zero attached hydrogens (tertiary/aromatic N) is 3. The number of rotatable bonds is 0. The number of alkyl halides is 3. The fourth-order valence-electron chi connectivity index (χ4n) is 1.08. The quantitative estimate of drug-likeness (QED) is 0.733. The fourth-order valence-corrected chi connectivity index (χ4v) is 1.44. The monoisotopic (exact) mass is 265 g/mol. The van der Waals surface area contributed by atoms with Gasteiger partial charge in [0.05, 0.1) is 10.7 Å². The highest BCUT2D eigenvalue weighted by Gasteiger charge is 2.34. The van der Waals surface area contributed by atoms with Crippen LogP contribution in [0.15, 0.2) is 22.9 Å². The number of fused-ring (bicyclic) bond motifs is 1. The molecule has 0 unspecified atom stereocenters. The van der Waals surface area contributed by atoms with Crippen LogP contribution in [0.5, 0.6) is 0 Å². The first-order chi connectivity index (χ1) is 6.50. The molecule has 3 nitrogen and oxygen atoms in total. The van der Waals surface area contributed by atoms with Crippen LogP contribution in [0.3, 0.4) is 0 Å². The SMILES string of the molecule is FC(F)(F)c1ccnc2c(Br)cnn12. The van der Waals surface area contributed by atoms with Crippen molar-refractivity contribution >= 4 is 21.6 Å². The molecule has 7 heteroatoms. The first kappa shape index (κ1) is 9.45. The highest BCUT2D eigenvalue weighted by atomic mass is 79.9. The topological polar surface area (TPSA) is 30.2 Å². The lowest BCUT2D eigenvalue weighted by atomic mass is 10.4. The highest BCUT2D eigenvalue weighted by Crippen LogP contribution is 2.29. The Kier molecular flexibility index (Phi) is 1.99. The molecule has 0 radical (unpaired) electrons. The van der Waals surface area contributed by atoms with E-state index in [2.05, 4.69) is 26.0 Å². The van der Waals surface area contributed by atoms with Crippen molar-refractivity contribution in [1.29, 1.82) is 0 Å². The minimum absolute atomic E-state index is 0.153. The van der Waals surface area contributed by atoms with Gasteiger partial charge in [-0.2, -0.15) is 18.3 Å². The molecule has 0 aliphatic carbocycles. The van der Waals surface area contributed by atoms with E-state index in [0.717, 1.165) is 16.8 Å². The summed E-state index contributed by atoms with van der Waals surface area (Å²) in [5, 5.41) is 3.57. The van der Waals surface area contributed by atoms with Crippen molar-refractivity contribution in [2.75, 3.05) is 0 Å². The molecule has 2 rings (SSSR count). The summed E-state index contributed by atoms with van der Waals surface area (Å²) in [6.07, 6.45) is -2.05. The molecule has 0 fully saturated rings. The van der Waals surface area contributed by atoms with Gasteiger partial charge in [0.25, 0.3) is 0 Å². The van der Waals surface area contributed by atoms with Gasteiger partial charge in [0.2, 0.25) is 0 Å². The molecule has 0 saturated carbocycles. The highest BCUT2D eigenvalue weighted by molar-refractivity contribution is 9.10. The molecule has 0 bridgehead atoms. The molecule has 0 aromatic carbocycles. The van der Waals surface area contributed by atoms with Gasteiger partial charge in [0.1, 0.15) is 5.69 Å². The van der Waals surface area contributed by atoms with E-state index in [-0.39, 0.29) is 5.65 Å². The first-order valence-corrected chi connectivity index (χ1v) is 4.35. The van der Waals surface area contributed by atoms with Crippen LogP contribution in [-0.2, 0) is 6.18 Å². The average molecular weight is 266 g/mol. The minimum Gasteiger partial charge on any atom is -0.236 e. The van der Waals surface area contributed by atoms with Crippen molar-refractivity contribution < 1.29 is 13.2 Å². The van der Waals surface area contributed by atoms with Crippen LogP contribution < -0.4 is 0 Å². The van der Waals surface area contributed by atoms with Gasteiger partial charge >= 0.3 is 6.18 Å². The Bertz CT molecular complexity index is 476. The zero-order valence-corrected chi connectivity index (χ0v) is 8.17. The Hall–Kier alpha value is -1.11. The van der Waals surface area contributed by atoms with E-state index in [1.54, 1.807) is 0 Å². The van der Waals surface area contributed by atoms with Gasteiger partial charge in [-0.05, 0) is 22.0 Å². The van der Waals surface area contributed by atoms with Crippen LogP contribution in [-0.4, -0.2) is 14.6 Å². The molecular weight excluding hydrogens is 263 g/mol. The largest absolute Gasteiger partial charge is 0.433 e. The average Bonchev–Trinajstić information content (AvgIpc) is 2.46. The van der Waals surface area contributed by atoms with E-state index < -0.39 is 11.9 Å². The lowest BCUT2D eigenvalue weighted by Gasteiger charge is -2.07. The molecule has 74 valence electrons. The third-order valence-electron chi connectivity index (χ3n) is 1.65. The van der Waals surface area contributed by atoms with Gasteiger partial charge in [-0.15, -0.1) is 0 Å². The predicted octanol–water partition coefficient (Wildman–Crippen LogP) is 2.51. The van der Waals surface area contributed by atoms with Crippen LogP contribution in [0.2, 0.25) is 0 Å². The van der Waals surface area contributed by atoms with Crippen LogP contribution >= 0.6 is 15.9 Å². The normalized spacial score (nSPS) is 12.3. The second kappa shape index (κ2) is 2.94. The molecule has 0 saturated heterocycles. The first-order valence-electron chi connectivity index (χ1n) is 3.55. The number of hydrogen-bond acceptors (Lipinski definition) is 2. The van der Waals surface area contributed by atoms with Crippen LogP contribution in [0.4, 0.5) is 13.2 Å². The van der Waals surface area contributed by atoms with Gasteiger partial charge < -0.3 is 0 Å². The van der Waals surface area contributed by atoms with Crippen LogP contribution in [0.25, 0.3) is 5.65 Å². The van der Waals surface area contributed by atoms with E-state index >= 15 is 0 Å². The number of aromatic nitrogens is 3. The predicted molar refractivity (Wildman–Crippen MR) is 45.7 cm³/mol. The summed E-state index contributed by atoms with van der Waals surface area (Å²) in [6, 6.07) is 0.881. The minimum atomic E-state index is -4.42. The second-order valence-corrected chi connectivity index (χ2v) is 3.41. The van der Waals surface area contributed by atoms with Gasteiger partial charge in [-0.1, -0.05) is 0 Å². The third kappa shape index (κ3) is 1.37. The summed E-state index contributed by atoms with van der Waals surface area (Å²) in [5.41, 5.74) is -0.687. The number of hydrogen-bond donors (Lipinski definition) is 0. The van der Waals surface area contributed by atoms with Crippen molar-refractivity contribution in [3.8, 4) is 0 Å². The smallest absolute Gasteiger partial charge is 0.236 e. The molecule has 0 amide bonds. The molecule has 2 aromatic rings. The maximum absolute atomic E-state index is 12.4. The summed E-state index contributed by atoms with van der Waals surface area (Å²) >= 11 is 3.05. The fraction of sp³-hybridized carbons (Fsp3) is 0.143. The lowest BCUT2D eigenvalue weighted by Crippen LogP contribution is -2.12. The van der Waals surface area contributed by atoms with E-state index in [4.69, 9.17) is 0 Å². The zero-order valence-electron chi connectivity index (χ0n) is 6.59. The summed E-state index contributed by atoms with van der Waals surface area (Å²) in [6.45, 7) is 0. The summed E-state index contributed by atoms with van der Waals surface area (Å²) in [4.78, 5) is 3.77. The Morgan fingerprint density at radius 1 is 1.36 bits per heavy atom. The summed E-state index contributed by atoms with van der Waals surface area (Å²) < 4.78 is 38.5. The van der Waals surface area contributed by atoms with E-state index in [1.807, 2.05) is 0 Å². The molecule has 0 atom stereocenters. The van der Waals surface area contributed by atoms with Crippen molar-refractivity contribution in [1.82, 2.24) is 14.6 Å². The molecule has 0 N–H and O–H groups in total. The maximum Gasteiger partial charge on any atom is 0.433 e. The van der Waals surface area contributed by atoms with Crippen LogP contribution in [0.1, 0.15) is 5.69 Å². The zero-order chi connectivity index (χ0) is 10.3.